The van der Waals surface area contributed by atoms with E-state index in [9.17, 15) is 18.3 Å². The minimum absolute atomic E-state index is 0.0902. The summed E-state index contributed by atoms with van der Waals surface area (Å²) in [6.45, 7) is 3.02. The van der Waals surface area contributed by atoms with Gasteiger partial charge in [0.25, 0.3) is 10.0 Å². The van der Waals surface area contributed by atoms with Gasteiger partial charge in [0.15, 0.2) is 0 Å². The van der Waals surface area contributed by atoms with Crippen molar-refractivity contribution in [1.82, 2.24) is 9.40 Å². The highest BCUT2D eigenvalue weighted by molar-refractivity contribution is 7.89. The monoisotopic (exact) mass is 573 g/mol. The highest BCUT2D eigenvalue weighted by Gasteiger charge is 2.16. The predicted octanol–water partition coefficient (Wildman–Crippen LogP) is 7.68. The smallest absolute Gasteiger partial charge is 0.335 e. The second-order valence-corrected chi connectivity index (χ2v) is 12.8. The second kappa shape index (κ2) is 16.5. The van der Waals surface area contributed by atoms with Crippen LogP contribution >= 0.6 is 11.3 Å². The molecule has 7 nitrogen and oxygen atoms in total. The van der Waals surface area contributed by atoms with E-state index in [-0.39, 0.29) is 10.5 Å². The van der Waals surface area contributed by atoms with Gasteiger partial charge in [0.2, 0.25) is 4.80 Å². The van der Waals surface area contributed by atoms with Crippen molar-refractivity contribution in [3.05, 3.63) is 58.9 Å². The Bertz CT molecular complexity index is 1350. The molecule has 214 valence electrons. The Morgan fingerprint density at radius 2 is 1.44 bits per heavy atom. The molecule has 0 aliphatic rings. The van der Waals surface area contributed by atoms with Crippen molar-refractivity contribution in [3.8, 4) is 0 Å². The van der Waals surface area contributed by atoms with Crippen LogP contribution in [0, 0.1) is 0 Å². The maximum atomic E-state index is 12.8. The molecule has 1 heterocycles. The molecule has 2 N–H and O–H groups in total. The van der Waals surface area contributed by atoms with E-state index in [1.807, 2.05) is 24.3 Å². The zero-order valence-corrected chi connectivity index (χ0v) is 24.7. The summed E-state index contributed by atoms with van der Waals surface area (Å²) in [5.74, 6) is -1.18. The molecule has 0 unspecified atom stereocenters. The standard InChI is InChI=1S/C30H43N3O4S2/c1-2-3-4-5-6-7-8-9-10-11-12-13-14-17-23-33-27-21-15-16-22-28(27)38-30(33)31-32-39(36,37)26-20-18-19-25(24-26)29(34)35/h15-16,18-22,24,32H,2-14,17,23H2,1H3,(H,34,35). The molecule has 0 fully saturated rings. The number of carbonyl (C=O) groups is 1. The van der Waals surface area contributed by atoms with Crippen molar-refractivity contribution in [2.45, 2.75) is 108 Å². The van der Waals surface area contributed by atoms with E-state index < -0.39 is 16.0 Å². The van der Waals surface area contributed by atoms with Gasteiger partial charge >= 0.3 is 5.97 Å². The van der Waals surface area contributed by atoms with Crippen LogP contribution in [0.25, 0.3) is 10.2 Å². The summed E-state index contributed by atoms with van der Waals surface area (Å²) in [4.78, 5) is 14.0. The Morgan fingerprint density at radius 1 is 0.846 bits per heavy atom. The summed E-state index contributed by atoms with van der Waals surface area (Å²) >= 11 is 1.43. The number of hydrogen-bond acceptors (Lipinski definition) is 5. The topological polar surface area (TPSA) is 101 Å². The number of hydrogen-bond donors (Lipinski definition) is 2. The molecule has 0 amide bonds. The van der Waals surface area contributed by atoms with E-state index in [0.717, 1.165) is 35.7 Å². The fraction of sp³-hybridized carbons (Fsp3) is 0.533. The summed E-state index contributed by atoms with van der Waals surface area (Å²) in [6, 6.07) is 13.2. The highest BCUT2D eigenvalue weighted by Crippen LogP contribution is 2.19. The third-order valence-electron chi connectivity index (χ3n) is 6.98. The summed E-state index contributed by atoms with van der Waals surface area (Å²) in [5.41, 5.74) is 0.940. The van der Waals surface area contributed by atoms with Crippen LogP contribution in [0.3, 0.4) is 0 Å². The Balaban J connectivity index is 1.48. The minimum atomic E-state index is -4.01. The Kier molecular flexibility index (Phi) is 13.0. The van der Waals surface area contributed by atoms with E-state index in [1.165, 1.54) is 107 Å². The zero-order valence-electron chi connectivity index (χ0n) is 23.1. The molecule has 3 rings (SSSR count). The molecular weight excluding hydrogens is 530 g/mol. The summed E-state index contributed by atoms with van der Waals surface area (Å²) in [7, 11) is -4.01. The molecule has 3 aromatic rings. The maximum Gasteiger partial charge on any atom is 0.335 e. The molecule has 0 radical (unpaired) electrons. The molecule has 0 atom stereocenters. The Morgan fingerprint density at radius 3 is 2.05 bits per heavy atom. The number of nitrogens with one attached hydrogen (secondary N) is 1. The largest absolute Gasteiger partial charge is 0.478 e. The van der Waals surface area contributed by atoms with E-state index in [1.54, 1.807) is 0 Å². The highest BCUT2D eigenvalue weighted by atomic mass is 32.2. The molecule has 0 aliphatic heterocycles. The van der Waals surface area contributed by atoms with Crippen LogP contribution in [0.4, 0.5) is 0 Å². The second-order valence-electron chi connectivity index (χ2n) is 10.1. The number of fused-ring (bicyclic) bond motifs is 1. The number of sulfonamides is 1. The SMILES string of the molecule is CCCCCCCCCCCCCCCCn1c(=NNS(=O)(=O)c2cccc(C(=O)O)c2)sc2ccccc21. The fourth-order valence-corrected chi connectivity index (χ4v) is 6.66. The molecule has 0 saturated heterocycles. The molecule has 39 heavy (non-hydrogen) atoms. The lowest BCUT2D eigenvalue weighted by Gasteiger charge is -2.07. The van der Waals surface area contributed by atoms with Crippen LogP contribution in [0.15, 0.2) is 58.5 Å². The average Bonchev–Trinajstić information content (AvgIpc) is 3.29. The number of carboxylic acid groups (broad SMARTS) is 1. The number of carboxylic acids is 1. The van der Waals surface area contributed by atoms with Gasteiger partial charge in [-0.1, -0.05) is 120 Å². The average molecular weight is 574 g/mol. The molecular formula is C30H43N3O4S2. The summed E-state index contributed by atoms with van der Waals surface area (Å²) < 4.78 is 28.7. The quantitative estimate of drug-likeness (QED) is 0.113. The molecule has 0 spiro atoms. The van der Waals surface area contributed by atoms with Crippen LogP contribution < -0.4 is 9.63 Å². The predicted molar refractivity (Wildman–Crippen MR) is 159 cm³/mol. The fourth-order valence-electron chi connectivity index (χ4n) is 4.73. The lowest BCUT2D eigenvalue weighted by atomic mass is 10.0. The number of aromatic carboxylic acids is 1. The number of nitrogens with zero attached hydrogens (tertiary/aromatic N) is 2. The van der Waals surface area contributed by atoms with Gasteiger partial charge in [-0.15, -0.1) is 5.10 Å². The molecule has 0 saturated carbocycles. The minimum Gasteiger partial charge on any atom is -0.478 e. The Hall–Kier alpha value is -2.65. The van der Waals surface area contributed by atoms with Gasteiger partial charge in [-0.3, -0.25) is 0 Å². The van der Waals surface area contributed by atoms with Gasteiger partial charge in [-0.05, 0) is 36.8 Å². The zero-order chi connectivity index (χ0) is 27.9. The van der Waals surface area contributed by atoms with E-state index in [4.69, 9.17) is 0 Å². The third kappa shape index (κ3) is 10.1. The van der Waals surface area contributed by atoms with Crippen LogP contribution in [0.1, 0.15) is 107 Å². The van der Waals surface area contributed by atoms with E-state index in [0.29, 0.717) is 4.80 Å². The number of aryl methyl sites for hydroxylation is 1. The number of aromatic nitrogens is 1. The van der Waals surface area contributed by atoms with Gasteiger partial charge in [0, 0.05) is 6.54 Å². The van der Waals surface area contributed by atoms with Gasteiger partial charge in [-0.25, -0.2) is 4.79 Å². The first kappa shape index (κ1) is 30.9. The molecule has 0 aliphatic carbocycles. The van der Waals surface area contributed by atoms with Crippen molar-refractivity contribution < 1.29 is 18.3 Å². The number of benzene rings is 2. The van der Waals surface area contributed by atoms with Crippen molar-refractivity contribution in [2.24, 2.45) is 5.10 Å². The van der Waals surface area contributed by atoms with Crippen LogP contribution in [-0.4, -0.2) is 24.1 Å². The summed E-state index contributed by atoms with van der Waals surface area (Å²) in [6.07, 6.45) is 18.2. The maximum absolute atomic E-state index is 12.8. The molecule has 2 aromatic carbocycles. The lowest BCUT2D eigenvalue weighted by Crippen LogP contribution is -2.25. The lowest BCUT2D eigenvalue weighted by molar-refractivity contribution is 0.0696. The van der Waals surface area contributed by atoms with E-state index in [2.05, 4.69) is 21.4 Å². The van der Waals surface area contributed by atoms with Gasteiger partial charge in [0.1, 0.15) is 0 Å². The van der Waals surface area contributed by atoms with Crippen molar-refractivity contribution >= 4 is 37.5 Å². The molecule has 0 bridgehead atoms. The van der Waals surface area contributed by atoms with Crippen molar-refractivity contribution in [3.63, 3.8) is 0 Å². The first-order valence-corrected chi connectivity index (χ1v) is 16.7. The number of unbranched alkanes of at least 4 members (excludes halogenated alkanes) is 13. The van der Waals surface area contributed by atoms with E-state index >= 15 is 0 Å². The first-order valence-electron chi connectivity index (χ1n) is 14.4. The number of thiazole rings is 1. The Labute approximate surface area is 237 Å². The van der Waals surface area contributed by atoms with Crippen LogP contribution in [-0.2, 0) is 16.6 Å². The molecule has 9 heteroatoms. The van der Waals surface area contributed by atoms with Crippen LogP contribution in [0.2, 0.25) is 0 Å². The molecule has 1 aromatic heterocycles. The summed E-state index contributed by atoms with van der Waals surface area (Å²) in [5, 5.41) is 13.4. The third-order valence-corrected chi connectivity index (χ3v) is 9.24. The van der Waals surface area contributed by atoms with Crippen molar-refractivity contribution in [2.75, 3.05) is 0 Å². The number of rotatable bonds is 19. The van der Waals surface area contributed by atoms with Crippen molar-refractivity contribution in [1.29, 1.82) is 0 Å². The van der Waals surface area contributed by atoms with Gasteiger partial charge in [0.05, 0.1) is 20.7 Å². The van der Waals surface area contributed by atoms with Gasteiger partial charge in [-0.2, -0.15) is 13.2 Å². The van der Waals surface area contributed by atoms with Crippen LogP contribution in [0.5, 0.6) is 0 Å². The number of para-hydroxylation sites is 1. The first-order chi connectivity index (χ1) is 18.9. The normalized spacial score (nSPS) is 12.3. The van der Waals surface area contributed by atoms with Gasteiger partial charge < -0.3 is 9.67 Å².